The average molecular weight is 329 g/mol. The summed E-state index contributed by atoms with van der Waals surface area (Å²) in [5, 5.41) is 0. The largest absolute Gasteiger partial charge is 0.487 e. The van der Waals surface area contributed by atoms with E-state index < -0.39 is 0 Å². The minimum Gasteiger partial charge on any atom is -0.487 e. The van der Waals surface area contributed by atoms with Gasteiger partial charge < -0.3 is 9.64 Å². The van der Waals surface area contributed by atoms with Crippen molar-refractivity contribution < 1.29 is 4.74 Å². The van der Waals surface area contributed by atoms with Gasteiger partial charge in [-0.25, -0.2) is 0 Å². The molecule has 0 unspecified atom stereocenters. The second-order valence-electron chi connectivity index (χ2n) is 5.02. The second-order valence-corrected chi connectivity index (χ2v) is 6.26. The van der Waals surface area contributed by atoms with Gasteiger partial charge in [-0.3, -0.25) is 0 Å². The van der Waals surface area contributed by atoms with E-state index in [0.717, 1.165) is 38.1 Å². The minimum atomic E-state index is 0.110. The molecule has 2 heterocycles. The van der Waals surface area contributed by atoms with Crippen LogP contribution in [-0.4, -0.2) is 30.6 Å². The fourth-order valence-corrected chi connectivity index (χ4v) is 3.15. The van der Waals surface area contributed by atoms with E-state index in [1.807, 2.05) is 0 Å². The van der Waals surface area contributed by atoms with E-state index in [0.29, 0.717) is 0 Å². The molecule has 16 heavy (non-hydrogen) atoms. The van der Waals surface area contributed by atoms with Crippen molar-refractivity contribution in [2.24, 2.45) is 0 Å². The van der Waals surface area contributed by atoms with Crippen molar-refractivity contribution in [2.75, 3.05) is 20.1 Å². The number of halogens is 1. The first-order chi connectivity index (χ1) is 7.67. The van der Waals surface area contributed by atoms with E-state index in [1.54, 1.807) is 0 Å². The SMILES string of the molecule is CN1CCC2(CC1)Cc1ccc(I)cc1O2. The smallest absolute Gasteiger partial charge is 0.124 e. The Morgan fingerprint density at radius 3 is 2.81 bits per heavy atom. The van der Waals surface area contributed by atoms with Gasteiger partial charge in [0.05, 0.1) is 0 Å². The topological polar surface area (TPSA) is 12.5 Å². The van der Waals surface area contributed by atoms with Crippen LogP contribution in [0.4, 0.5) is 0 Å². The summed E-state index contributed by atoms with van der Waals surface area (Å²) in [5.74, 6) is 1.12. The molecule has 2 aliphatic rings. The number of piperidine rings is 1. The number of fused-ring (bicyclic) bond motifs is 1. The Morgan fingerprint density at radius 2 is 2.06 bits per heavy atom. The molecule has 0 amide bonds. The summed E-state index contributed by atoms with van der Waals surface area (Å²) >= 11 is 2.35. The van der Waals surface area contributed by atoms with Gasteiger partial charge in [0.25, 0.3) is 0 Å². The molecule has 1 saturated heterocycles. The first-order valence-corrected chi connectivity index (χ1v) is 6.91. The van der Waals surface area contributed by atoms with Crippen LogP contribution < -0.4 is 4.74 Å². The van der Waals surface area contributed by atoms with E-state index in [9.17, 15) is 0 Å². The maximum Gasteiger partial charge on any atom is 0.124 e. The van der Waals surface area contributed by atoms with Crippen LogP contribution in [0.25, 0.3) is 0 Å². The molecule has 3 heteroatoms. The molecule has 0 N–H and O–H groups in total. The van der Waals surface area contributed by atoms with Crippen LogP contribution in [0.5, 0.6) is 5.75 Å². The summed E-state index contributed by atoms with van der Waals surface area (Å²) in [5.41, 5.74) is 1.50. The second kappa shape index (κ2) is 3.88. The maximum absolute atomic E-state index is 6.23. The van der Waals surface area contributed by atoms with Gasteiger partial charge in [0, 0.05) is 35.9 Å². The van der Waals surface area contributed by atoms with Crippen LogP contribution in [0.2, 0.25) is 0 Å². The number of nitrogens with zero attached hydrogens (tertiary/aromatic N) is 1. The standard InChI is InChI=1S/C13H16INO/c1-15-6-4-13(5-7-15)9-10-2-3-11(14)8-12(10)16-13/h2-3,8H,4-7,9H2,1H3. The number of hydrogen-bond donors (Lipinski definition) is 0. The number of likely N-dealkylation sites (tertiary alicyclic amines) is 1. The van der Waals surface area contributed by atoms with Crippen molar-refractivity contribution >= 4 is 22.6 Å². The molecule has 2 nitrogen and oxygen atoms in total. The number of benzene rings is 1. The minimum absolute atomic E-state index is 0.110. The van der Waals surface area contributed by atoms with E-state index in [-0.39, 0.29) is 5.60 Å². The van der Waals surface area contributed by atoms with Crippen LogP contribution in [0.1, 0.15) is 18.4 Å². The highest BCUT2D eigenvalue weighted by Gasteiger charge is 2.41. The zero-order valence-corrected chi connectivity index (χ0v) is 11.7. The molecular weight excluding hydrogens is 313 g/mol. The Labute approximate surface area is 110 Å². The molecule has 86 valence electrons. The first-order valence-electron chi connectivity index (χ1n) is 5.83. The van der Waals surface area contributed by atoms with Crippen LogP contribution in [0.15, 0.2) is 18.2 Å². The molecule has 1 spiro atoms. The van der Waals surface area contributed by atoms with Crippen molar-refractivity contribution in [3.8, 4) is 5.75 Å². The van der Waals surface area contributed by atoms with Crippen LogP contribution in [0, 0.1) is 3.57 Å². The van der Waals surface area contributed by atoms with Gasteiger partial charge in [-0.1, -0.05) is 6.07 Å². The summed E-state index contributed by atoms with van der Waals surface area (Å²) in [7, 11) is 2.19. The zero-order chi connectivity index (χ0) is 11.2. The third-order valence-electron chi connectivity index (χ3n) is 3.77. The molecule has 1 fully saturated rings. The van der Waals surface area contributed by atoms with E-state index in [4.69, 9.17) is 4.74 Å². The van der Waals surface area contributed by atoms with Crippen LogP contribution >= 0.6 is 22.6 Å². The van der Waals surface area contributed by atoms with Gasteiger partial charge in [-0.15, -0.1) is 0 Å². The van der Waals surface area contributed by atoms with Gasteiger partial charge in [0.1, 0.15) is 11.4 Å². The summed E-state index contributed by atoms with van der Waals surface area (Å²) in [6.07, 6.45) is 3.43. The zero-order valence-electron chi connectivity index (χ0n) is 9.50. The van der Waals surface area contributed by atoms with Crippen LogP contribution in [-0.2, 0) is 6.42 Å². The molecule has 0 radical (unpaired) electrons. The Hall–Kier alpha value is -0.290. The lowest BCUT2D eigenvalue weighted by Crippen LogP contribution is -2.45. The van der Waals surface area contributed by atoms with Crippen molar-refractivity contribution in [3.05, 3.63) is 27.3 Å². The van der Waals surface area contributed by atoms with Crippen molar-refractivity contribution in [3.63, 3.8) is 0 Å². The van der Waals surface area contributed by atoms with Gasteiger partial charge in [-0.05, 0) is 47.3 Å². The molecule has 0 atom stereocenters. The highest BCUT2D eigenvalue weighted by molar-refractivity contribution is 14.1. The molecule has 0 saturated carbocycles. The fraction of sp³-hybridized carbons (Fsp3) is 0.538. The summed E-state index contributed by atoms with van der Waals surface area (Å²) in [6.45, 7) is 2.32. The fourth-order valence-electron chi connectivity index (χ4n) is 2.69. The highest BCUT2D eigenvalue weighted by Crippen LogP contribution is 2.41. The third-order valence-corrected chi connectivity index (χ3v) is 4.44. The van der Waals surface area contributed by atoms with Gasteiger partial charge in [0.15, 0.2) is 0 Å². The Morgan fingerprint density at radius 1 is 1.31 bits per heavy atom. The first kappa shape index (κ1) is 10.8. The lowest BCUT2D eigenvalue weighted by Gasteiger charge is -2.37. The number of rotatable bonds is 0. The van der Waals surface area contributed by atoms with Crippen LogP contribution in [0.3, 0.4) is 0 Å². The summed E-state index contributed by atoms with van der Waals surface area (Å²) < 4.78 is 7.50. The highest BCUT2D eigenvalue weighted by atomic mass is 127. The predicted molar refractivity (Wildman–Crippen MR) is 73.0 cm³/mol. The molecule has 2 aliphatic heterocycles. The lowest BCUT2D eigenvalue weighted by atomic mass is 9.87. The molecule has 0 aliphatic carbocycles. The molecule has 0 bridgehead atoms. The van der Waals surface area contributed by atoms with Crippen molar-refractivity contribution in [1.29, 1.82) is 0 Å². The van der Waals surface area contributed by atoms with E-state index >= 15 is 0 Å². The Balaban J connectivity index is 1.84. The van der Waals surface area contributed by atoms with Crippen molar-refractivity contribution in [2.45, 2.75) is 24.9 Å². The lowest BCUT2D eigenvalue weighted by molar-refractivity contribution is 0.0271. The average Bonchev–Trinajstić information content (AvgIpc) is 2.60. The number of ether oxygens (including phenoxy) is 1. The quantitative estimate of drug-likeness (QED) is 0.679. The normalized spacial score (nSPS) is 23.1. The van der Waals surface area contributed by atoms with E-state index in [2.05, 4.69) is 52.7 Å². The van der Waals surface area contributed by atoms with E-state index in [1.165, 1.54) is 9.13 Å². The molecule has 0 aromatic heterocycles. The van der Waals surface area contributed by atoms with Gasteiger partial charge in [-0.2, -0.15) is 0 Å². The van der Waals surface area contributed by atoms with Crippen molar-refractivity contribution in [1.82, 2.24) is 4.90 Å². The summed E-state index contributed by atoms with van der Waals surface area (Å²) in [4.78, 5) is 2.39. The summed E-state index contributed by atoms with van der Waals surface area (Å²) in [6, 6.07) is 6.57. The predicted octanol–water partition coefficient (Wildman–Crippen LogP) is 2.69. The molecule has 1 aromatic carbocycles. The Kier molecular flexibility index (Phi) is 2.63. The number of hydrogen-bond acceptors (Lipinski definition) is 2. The molecule has 3 rings (SSSR count). The monoisotopic (exact) mass is 329 g/mol. The van der Waals surface area contributed by atoms with Gasteiger partial charge in [0.2, 0.25) is 0 Å². The maximum atomic E-state index is 6.23. The molecular formula is C13H16INO. The third kappa shape index (κ3) is 1.84. The Bertz CT molecular complexity index is 410. The van der Waals surface area contributed by atoms with Gasteiger partial charge >= 0.3 is 0 Å². The molecule has 1 aromatic rings.